The molecule has 0 aliphatic rings. The molecule has 0 heterocycles. The minimum atomic E-state index is -3.78. The average molecular weight is 386 g/mol. The Morgan fingerprint density at radius 3 is 2.48 bits per heavy atom. The summed E-state index contributed by atoms with van der Waals surface area (Å²) in [6.07, 6.45) is 0. The molecule has 4 nitrogen and oxygen atoms in total. The van der Waals surface area contributed by atoms with Crippen LogP contribution in [0.25, 0.3) is 0 Å². The van der Waals surface area contributed by atoms with Crippen molar-refractivity contribution in [3.05, 3.63) is 63.1 Å². The lowest BCUT2D eigenvalue weighted by atomic mass is 10.2. The minimum absolute atomic E-state index is 0.0808. The zero-order valence-electron chi connectivity index (χ0n) is 10.7. The maximum atomic E-state index is 12.2. The summed E-state index contributed by atoms with van der Waals surface area (Å²) >= 11 is 9.22. The highest BCUT2D eigenvalue weighted by Gasteiger charge is 2.18. The first-order valence-electron chi connectivity index (χ1n) is 5.86. The molecule has 0 atom stereocenters. The van der Waals surface area contributed by atoms with Crippen molar-refractivity contribution in [1.82, 2.24) is 4.72 Å². The lowest BCUT2D eigenvalue weighted by molar-refractivity contribution is 0.581. The normalized spacial score (nSPS) is 11.1. The molecule has 108 valence electrons. The Morgan fingerprint density at radius 2 is 1.86 bits per heavy atom. The van der Waals surface area contributed by atoms with Crippen LogP contribution in [0.1, 0.15) is 11.1 Å². The molecule has 0 radical (unpaired) electrons. The van der Waals surface area contributed by atoms with Crippen molar-refractivity contribution in [2.45, 2.75) is 11.4 Å². The molecule has 1 N–H and O–H groups in total. The van der Waals surface area contributed by atoms with Gasteiger partial charge in [0, 0.05) is 11.0 Å². The van der Waals surface area contributed by atoms with E-state index in [9.17, 15) is 8.42 Å². The topological polar surface area (TPSA) is 70.0 Å². The van der Waals surface area contributed by atoms with Gasteiger partial charge in [-0.3, -0.25) is 0 Å². The molecule has 21 heavy (non-hydrogen) atoms. The van der Waals surface area contributed by atoms with Gasteiger partial charge in [0.1, 0.15) is 4.90 Å². The molecule has 0 aliphatic carbocycles. The van der Waals surface area contributed by atoms with Gasteiger partial charge in [-0.15, -0.1) is 0 Å². The van der Waals surface area contributed by atoms with E-state index in [1.807, 2.05) is 18.2 Å². The summed E-state index contributed by atoms with van der Waals surface area (Å²) in [4.78, 5) is -0.0969. The van der Waals surface area contributed by atoms with Gasteiger partial charge >= 0.3 is 0 Å². The van der Waals surface area contributed by atoms with Gasteiger partial charge in [-0.2, -0.15) is 5.26 Å². The van der Waals surface area contributed by atoms with E-state index in [2.05, 4.69) is 20.7 Å². The van der Waals surface area contributed by atoms with E-state index in [0.717, 1.165) is 10.0 Å². The van der Waals surface area contributed by atoms with Crippen LogP contribution in [0.2, 0.25) is 5.02 Å². The summed E-state index contributed by atoms with van der Waals surface area (Å²) in [5.74, 6) is 0. The molecule has 0 unspecified atom stereocenters. The molecular weight excluding hydrogens is 376 g/mol. The van der Waals surface area contributed by atoms with Crippen LogP contribution < -0.4 is 4.72 Å². The SMILES string of the molecule is N#Cc1ccc(Cl)c(S(=O)(=O)NCc2ccc(Br)cc2)c1. The van der Waals surface area contributed by atoms with Gasteiger partial charge in [-0.25, -0.2) is 13.1 Å². The number of sulfonamides is 1. The van der Waals surface area contributed by atoms with Gasteiger partial charge in [0.25, 0.3) is 0 Å². The van der Waals surface area contributed by atoms with Gasteiger partial charge < -0.3 is 0 Å². The zero-order valence-corrected chi connectivity index (χ0v) is 13.8. The predicted octanol–water partition coefficient (Wildman–Crippen LogP) is 3.45. The Labute approximate surface area is 136 Å². The number of hydrogen-bond acceptors (Lipinski definition) is 3. The smallest absolute Gasteiger partial charge is 0.207 e. The molecular formula is C14H10BrClN2O2S. The first kappa shape index (κ1) is 16.0. The Kier molecular flexibility index (Phi) is 5.01. The summed E-state index contributed by atoms with van der Waals surface area (Å²) in [6, 6.07) is 13.3. The number of hydrogen-bond donors (Lipinski definition) is 1. The van der Waals surface area contributed by atoms with Gasteiger partial charge in [0.05, 0.1) is 16.7 Å². The van der Waals surface area contributed by atoms with E-state index in [1.165, 1.54) is 18.2 Å². The van der Waals surface area contributed by atoms with Crippen molar-refractivity contribution in [3.8, 4) is 6.07 Å². The van der Waals surface area contributed by atoms with Gasteiger partial charge in [0.15, 0.2) is 0 Å². The van der Waals surface area contributed by atoms with E-state index in [0.29, 0.717) is 0 Å². The Balaban J connectivity index is 2.23. The number of benzene rings is 2. The molecule has 2 rings (SSSR count). The first-order chi connectivity index (χ1) is 9.92. The molecule has 0 aromatic heterocycles. The fourth-order valence-electron chi connectivity index (χ4n) is 1.64. The van der Waals surface area contributed by atoms with Crippen LogP contribution in [0.5, 0.6) is 0 Å². The fourth-order valence-corrected chi connectivity index (χ4v) is 3.44. The summed E-state index contributed by atoms with van der Waals surface area (Å²) in [6.45, 7) is 0.142. The summed E-state index contributed by atoms with van der Waals surface area (Å²) < 4.78 is 27.9. The molecule has 0 aliphatic heterocycles. The molecule has 0 saturated carbocycles. The maximum absolute atomic E-state index is 12.2. The van der Waals surface area contributed by atoms with Gasteiger partial charge in [0.2, 0.25) is 10.0 Å². The van der Waals surface area contributed by atoms with Crippen LogP contribution in [0.4, 0.5) is 0 Å². The van der Waals surface area contributed by atoms with E-state index in [1.54, 1.807) is 12.1 Å². The summed E-state index contributed by atoms with van der Waals surface area (Å²) in [5.41, 5.74) is 1.05. The molecule has 0 amide bonds. The maximum Gasteiger partial charge on any atom is 0.242 e. The number of halogens is 2. The van der Waals surface area contributed by atoms with Crippen molar-refractivity contribution in [2.24, 2.45) is 0 Å². The van der Waals surface area contributed by atoms with Crippen LogP contribution in [-0.4, -0.2) is 8.42 Å². The molecule has 0 saturated heterocycles. The second-order valence-electron chi connectivity index (χ2n) is 4.21. The quantitative estimate of drug-likeness (QED) is 0.876. The average Bonchev–Trinajstić information content (AvgIpc) is 2.47. The predicted molar refractivity (Wildman–Crippen MR) is 84.3 cm³/mol. The second kappa shape index (κ2) is 6.58. The Bertz CT molecular complexity index is 799. The van der Waals surface area contributed by atoms with Gasteiger partial charge in [-0.05, 0) is 35.9 Å². The van der Waals surface area contributed by atoms with E-state index >= 15 is 0 Å². The highest BCUT2D eigenvalue weighted by molar-refractivity contribution is 9.10. The third-order valence-corrected chi connectivity index (χ3v) is 5.14. The molecule has 0 fully saturated rings. The number of nitriles is 1. The molecule has 0 spiro atoms. The van der Waals surface area contributed by atoms with Gasteiger partial charge in [-0.1, -0.05) is 39.7 Å². The van der Waals surface area contributed by atoms with Crippen LogP contribution in [-0.2, 0) is 16.6 Å². The fraction of sp³-hybridized carbons (Fsp3) is 0.0714. The van der Waals surface area contributed by atoms with Crippen LogP contribution in [0.15, 0.2) is 51.8 Å². The number of rotatable bonds is 4. The standard InChI is InChI=1S/C14H10BrClN2O2S/c15-12-4-1-10(2-5-12)9-18-21(19,20)14-7-11(8-17)3-6-13(14)16/h1-7,18H,9H2. The van der Waals surface area contributed by atoms with Crippen molar-refractivity contribution in [2.75, 3.05) is 0 Å². The Hall–Kier alpha value is -1.39. The highest BCUT2D eigenvalue weighted by atomic mass is 79.9. The van der Waals surface area contributed by atoms with Crippen molar-refractivity contribution >= 4 is 37.6 Å². The third kappa shape index (κ3) is 4.05. The van der Waals surface area contributed by atoms with Crippen LogP contribution in [0.3, 0.4) is 0 Å². The minimum Gasteiger partial charge on any atom is -0.207 e. The highest BCUT2D eigenvalue weighted by Crippen LogP contribution is 2.22. The van der Waals surface area contributed by atoms with Crippen molar-refractivity contribution < 1.29 is 8.42 Å². The van der Waals surface area contributed by atoms with E-state index in [-0.39, 0.29) is 22.0 Å². The third-order valence-electron chi connectivity index (χ3n) is 2.73. The summed E-state index contributed by atoms with van der Waals surface area (Å²) in [5, 5.41) is 8.92. The Morgan fingerprint density at radius 1 is 1.19 bits per heavy atom. The largest absolute Gasteiger partial charge is 0.242 e. The second-order valence-corrected chi connectivity index (χ2v) is 7.27. The monoisotopic (exact) mass is 384 g/mol. The zero-order chi connectivity index (χ0) is 15.5. The molecule has 7 heteroatoms. The number of nitrogens with one attached hydrogen (secondary N) is 1. The first-order valence-corrected chi connectivity index (χ1v) is 8.51. The lowest BCUT2D eigenvalue weighted by Crippen LogP contribution is -2.23. The van der Waals surface area contributed by atoms with E-state index < -0.39 is 10.0 Å². The van der Waals surface area contributed by atoms with Crippen molar-refractivity contribution in [1.29, 1.82) is 5.26 Å². The van der Waals surface area contributed by atoms with Crippen LogP contribution in [0, 0.1) is 11.3 Å². The molecule has 0 bridgehead atoms. The summed E-state index contributed by atoms with van der Waals surface area (Å²) in [7, 11) is -3.78. The number of nitrogens with zero attached hydrogens (tertiary/aromatic N) is 1. The van der Waals surface area contributed by atoms with Crippen molar-refractivity contribution in [3.63, 3.8) is 0 Å². The molecule has 2 aromatic rings. The lowest BCUT2D eigenvalue weighted by Gasteiger charge is -2.09. The van der Waals surface area contributed by atoms with E-state index in [4.69, 9.17) is 16.9 Å². The van der Waals surface area contributed by atoms with Crippen LogP contribution >= 0.6 is 27.5 Å². The molecule has 2 aromatic carbocycles.